The van der Waals surface area contributed by atoms with E-state index in [0.29, 0.717) is 32.9 Å². The van der Waals surface area contributed by atoms with E-state index in [1.807, 2.05) is 0 Å². The van der Waals surface area contributed by atoms with Gasteiger partial charge in [-0.3, -0.25) is 4.79 Å². The summed E-state index contributed by atoms with van der Waals surface area (Å²) in [4.78, 5) is 27.2. The summed E-state index contributed by atoms with van der Waals surface area (Å²) in [5.41, 5.74) is -0.239. The third-order valence-electron chi connectivity index (χ3n) is 5.79. The van der Waals surface area contributed by atoms with Crippen LogP contribution in [0.3, 0.4) is 0 Å². The molecule has 0 saturated carbocycles. The topological polar surface area (TPSA) is 90.9 Å². The fraction of sp³-hybridized carbons (Fsp3) is 0.111. The third kappa shape index (κ3) is 4.18. The molecule has 3 aromatic carbocycles. The molecule has 0 spiro atoms. The first kappa shape index (κ1) is 23.5. The quantitative estimate of drug-likeness (QED) is 0.319. The van der Waals surface area contributed by atoms with E-state index < -0.39 is 22.8 Å². The Labute approximate surface area is 208 Å². The van der Waals surface area contributed by atoms with Crippen LogP contribution in [0.4, 0.5) is 4.39 Å². The van der Waals surface area contributed by atoms with E-state index in [0.717, 1.165) is 11.8 Å². The predicted molar refractivity (Wildman–Crippen MR) is 135 cm³/mol. The van der Waals surface area contributed by atoms with Gasteiger partial charge in [0.1, 0.15) is 27.6 Å². The molecule has 0 aliphatic rings. The van der Waals surface area contributed by atoms with E-state index in [1.165, 1.54) is 23.8 Å². The molecule has 0 atom stereocenters. The molecule has 2 heterocycles. The molecule has 0 saturated heterocycles. The number of hydrogen-bond acceptors (Lipinski definition) is 7. The molecule has 0 aliphatic carbocycles. The molecule has 5 rings (SSSR count). The highest BCUT2D eigenvalue weighted by molar-refractivity contribution is 7.99. The van der Waals surface area contributed by atoms with Gasteiger partial charge in [0.2, 0.25) is 0 Å². The molecule has 7 nitrogen and oxygen atoms in total. The molecule has 0 bridgehead atoms. The number of nitrogens with zero attached hydrogens (tertiary/aromatic N) is 1. The number of aromatic nitrogens is 1. The molecule has 0 aliphatic heterocycles. The Bertz CT molecular complexity index is 1710. The van der Waals surface area contributed by atoms with Crippen molar-refractivity contribution in [3.8, 4) is 17.2 Å². The third-order valence-corrected chi connectivity index (χ3v) is 6.86. The molecule has 0 radical (unpaired) electrons. The second-order valence-electron chi connectivity index (χ2n) is 7.95. The van der Waals surface area contributed by atoms with E-state index in [4.69, 9.17) is 13.9 Å². The van der Waals surface area contributed by atoms with E-state index in [1.54, 1.807) is 61.7 Å². The number of benzene rings is 3. The van der Waals surface area contributed by atoms with Crippen molar-refractivity contribution in [2.24, 2.45) is 0 Å². The Morgan fingerprint density at radius 2 is 1.61 bits per heavy atom. The number of pyridine rings is 1. The minimum atomic E-state index is -0.770. The molecular formula is C27H20FNO6S. The van der Waals surface area contributed by atoms with Crippen molar-refractivity contribution in [2.45, 2.75) is 16.3 Å². The summed E-state index contributed by atoms with van der Waals surface area (Å²) in [7, 11) is 3.04. The van der Waals surface area contributed by atoms with Crippen LogP contribution in [0.5, 0.6) is 17.2 Å². The zero-order valence-electron chi connectivity index (χ0n) is 19.3. The average molecular weight is 506 g/mol. The van der Waals surface area contributed by atoms with Crippen molar-refractivity contribution < 1.29 is 23.4 Å². The summed E-state index contributed by atoms with van der Waals surface area (Å²) < 4.78 is 31.0. The Balaban J connectivity index is 1.75. The zero-order chi connectivity index (χ0) is 25.4. The van der Waals surface area contributed by atoms with Gasteiger partial charge in [0.25, 0.3) is 5.56 Å². The van der Waals surface area contributed by atoms with E-state index in [9.17, 15) is 19.1 Å². The molecule has 0 amide bonds. The van der Waals surface area contributed by atoms with Gasteiger partial charge in [0.15, 0.2) is 11.3 Å². The van der Waals surface area contributed by atoms with E-state index >= 15 is 0 Å². The van der Waals surface area contributed by atoms with Gasteiger partial charge < -0.3 is 23.6 Å². The standard InChI is InChI=1S/C27H20FNO6S/c1-33-17-7-10-19(11-8-17)36-25-23(30)22-24(35-27(25)32)20-12-9-18(34-2)13-21(20)29(26(22)31)14-15-3-5-16(28)6-4-15/h3-13,30H,14H2,1-2H3. The lowest BCUT2D eigenvalue weighted by Crippen LogP contribution is -2.23. The fourth-order valence-electron chi connectivity index (χ4n) is 3.97. The Kier molecular flexibility index (Phi) is 6.15. The van der Waals surface area contributed by atoms with Crippen LogP contribution in [0.25, 0.3) is 21.9 Å². The molecule has 36 heavy (non-hydrogen) atoms. The van der Waals surface area contributed by atoms with Crippen LogP contribution < -0.4 is 20.7 Å². The molecule has 9 heteroatoms. The van der Waals surface area contributed by atoms with Gasteiger partial charge in [-0.15, -0.1) is 0 Å². The van der Waals surface area contributed by atoms with Crippen LogP contribution in [0, 0.1) is 5.82 Å². The minimum Gasteiger partial charge on any atom is -0.505 e. The van der Waals surface area contributed by atoms with Gasteiger partial charge in [-0.05, 0) is 54.1 Å². The van der Waals surface area contributed by atoms with Crippen molar-refractivity contribution in [2.75, 3.05) is 14.2 Å². The molecule has 0 unspecified atom stereocenters. The van der Waals surface area contributed by atoms with Crippen molar-refractivity contribution in [1.29, 1.82) is 0 Å². The minimum absolute atomic E-state index is 0.0189. The second-order valence-corrected chi connectivity index (χ2v) is 9.03. The van der Waals surface area contributed by atoms with Gasteiger partial charge in [-0.2, -0.15) is 0 Å². The van der Waals surface area contributed by atoms with Gasteiger partial charge >= 0.3 is 5.63 Å². The second kappa shape index (κ2) is 9.43. The van der Waals surface area contributed by atoms with Crippen LogP contribution in [-0.4, -0.2) is 23.9 Å². The Morgan fingerprint density at radius 1 is 0.944 bits per heavy atom. The van der Waals surface area contributed by atoms with Crippen molar-refractivity contribution in [3.63, 3.8) is 0 Å². The maximum atomic E-state index is 13.7. The van der Waals surface area contributed by atoms with Crippen molar-refractivity contribution in [1.82, 2.24) is 4.57 Å². The number of methoxy groups -OCH3 is 2. The summed E-state index contributed by atoms with van der Waals surface area (Å²) >= 11 is 0.985. The number of halogens is 1. The summed E-state index contributed by atoms with van der Waals surface area (Å²) in [6.07, 6.45) is 0. The molecule has 2 aromatic heterocycles. The fourth-order valence-corrected chi connectivity index (χ4v) is 4.81. The highest BCUT2D eigenvalue weighted by Crippen LogP contribution is 2.38. The lowest BCUT2D eigenvalue weighted by atomic mass is 10.1. The highest BCUT2D eigenvalue weighted by Gasteiger charge is 2.23. The highest BCUT2D eigenvalue weighted by atomic mass is 32.2. The first-order chi connectivity index (χ1) is 17.4. The first-order valence-electron chi connectivity index (χ1n) is 10.9. The maximum absolute atomic E-state index is 13.7. The largest absolute Gasteiger partial charge is 0.505 e. The van der Waals surface area contributed by atoms with E-state index in [-0.39, 0.29) is 22.4 Å². The van der Waals surface area contributed by atoms with E-state index in [2.05, 4.69) is 0 Å². The monoisotopic (exact) mass is 505 g/mol. The molecule has 182 valence electrons. The lowest BCUT2D eigenvalue weighted by molar-refractivity contribution is 0.414. The first-order valence-corrected chi connectivity index (χ1v) is 11.7. The van der Waals surface area contributed by atoms with Crippen LogP contribution in [0.1, 0.15) is 5.56 Å². The number of hydrogen-bond donors (Lipinski definition) is 1. The Morgan fingerprint density at radius 3 is 2.28 bits per heavy atom. The lowest BCUT2D eigenvalue weighted by Gasteiger charge is -2.15. The SMILES string of the molecule is COc1ccc(Sc2c(O)c3c(=O)n(Cc4ccc(F)cc4)c4cc(OC)ccc4c3oc2=O)cc1. The van der Waals surface area contributed by atoms with Crippen molar-refractivity contribution in [3.05, 3.63) is 98.9 Å². The van der Waals surface area contributed by atoms with Gasteiger partial charge in [-0.25, -0.2) is 9.18 Å². The molecular weight excluding hydrogens is 485 g/mol. The zero-order valence-corrected chi connectivity index (χ0v) is 20.1. The maximum Gasteiger partial charge on any atom is 0.354 e. The van der Waals surface area contributed by atoms with Gasteiger partial charge in [0, 0.05) is 16.3 Å². The average Bonchev–Trinajstić information content (AvgIpc) is 2.89. The molecule has 5 aromatic rings. The number of fused-ring (bicyclic) bond motifs is 3. The summed E-state index contributed by atoms with van der Waals surface area (Å²) in [6, 6.07) is 17.7. The Hall–Kier alpha value is -4.24. The number of aromatic hydroxyl groups is 1. The molecule has 1 N–H and O–H groups in total. The molecule has 0 fully saturated rings. The predicted octanol–water partition coefficient (Wildman–Crippen LogP) is 5.17. The summed E-state index contributed by atoms with van der Waals surface area (Å²) in [5.74, 6) is 0.278. The van der Waals surface area contributed by atoms with Gasteiger partial charge in [-0.1, -0.05) is 23.9 Å². The van der Waals surface area contributed by atoms with Crippen LogP contribution in [-0.2, 0) is 6.54 Å². The smallest absolute Gasteiger partial charge is 0.354 e. The van der Waals surface area contributed by atoms with Crippen LogP contribution in [0.2, 0.25) is 0 Å². The summed E-state index contributed by atoms with van der Waals surface area (Å²) in [5, 5.41) is 11.5. The van der Waals surface area contributed by atoms with Crippen molar-refractivity contribution >= 4 is 33.6 Å². The normalized spacial score (nSPS) is 11.2. The summed E-state index contributed by atoms with van der Waals surface area (Å²) in [6.45, 7) is 0.0955. The van der Waals surface area contributed by atoms with Gasteiger partial charge in [0.05, 0.1) is 26.3 Å². The number of rotatable bonds is 6. The van der Waals surface area contributed by atoms with Crippen LogP contribution >= 0.6 is 11.8 Å². The number of ether oxygens (including phenoxy) is 2. The van der Waals surface area contributed by atoms with Crippen LogP contribution in [0.15, 0.2) is 90.5 Å².